The van der Waals surface area contributed by atoms with E-state index in [4.69, 9.17) is 4.74 Å². The average Bonchev–Trinajstić information content (AvgIpc) is 3.37. The molecule has 1 unspecified atom stereocenters. The maximum atomic E-state index is 14.8. The van der Waals surface area contributed by atoms with Crippen molar-refractivity contribution in [2.24, 2.45) is 0 Å². The normalized spacial score (nSPS) is 18.0. The van der Waals surface area contributed by atoms with Crippen LogP contribution in [0.5, 0.6) is 5.75 Å². The van der Waals surface area contributed by atoms with Crippen LogP contribution in [-0.2, 0) is 21.3 Å². The van der Waals surface area contributed by atoms with Crippen LogP contribution >= 0.6 is 0 Å². The van der Waals surface area contributed by atoms with E-state index in [2.05, 4.69) is 14.6 Å². The Bertz CT molecular complexity index is 1530. The number of ether oxygens (including phenoxy) is 1. The molecular formula is C26H19F9N4O4. The van der Waals surface area contributed by atoms with Crippen LogP contribution < -0.4 is 15.4 Å². The van der Waals surface area contributed by atoms with E-state index in [1.165, 1.54) is 24.3 Å². The van der Waals surface area contributed by atoms with E-state index in [9.17, 15) is 49.1 Å². The quantitative estimate of drug-likeness (QED) is 0.244. The Labute approximate surface area is 235 Å². The number of rotatable bonds is 7. The molecule has 0 fully saturated rings. The number of aryl methyl sites for hydroxylation is 1. The van der Waals surface area contributed by atoms with E-state index in [0.29, 0.717) is 5.56 Å². The number of amides is 2. The SMILES string of the molecule is Cc1ccc(C2=C(C(=O)Nc3nnc(C(F)(F)F)o3)C(=O)NC(c3ccc(OCCC(F)(F)F)cc3)(C(F)(F)F)C2)cc1. The Morgan fingerprint density at radius 1 is 0.977 bits per heavy atom. The monoisotopic (exact) mass is 622 g/mol. The van der Waals surface area contributed by atoms with Crippen molar-refractivity contribution in [3.05, 3.63) is 76.7 Å². The fraction of sp³-hybridized carbons (Fsp3) is 0.308. The molecule has 0 saturated carbocycles. The maximum absolute atomic E-state index is 14.8. The van der Waals surface area contributed by atoms with Crippen molar-refractivity contribution >= 4 is 23.4 Å². The smallest absolute Gasteiger partial charge is 0.470 e. The second-order valence-corrected chi connectivity index (χ2v) is 9.36. The summed E-state index contributed by atoms with van der Waals surface area (Å²) in [7, 11) is 0. The molecule has 2 heterocycles. The first-order valence-corrected chi connectivity index (χ1v) is 12.1. The molecule has 230 valence electrons. The average molecular weight is 622 g/mol. The van der Waals surface area contributed by atoms with Crippen molar-refractivity contribution in [3.63, 3.8) is 0 Å². The zero-order chi connectivity index (χ0) is 31.8. The number of nitrogens with zero attached hydrogens (tertiary/aromatic N) is 2. The highest BCUT2D eigenvalue weighted by Crippen LogP contribution is 2.48. The van der Waals surface area contributed by atoms with Crippen molar-refractivity contribution in [3.8, 4) is 5.75 Å². The molecule has 0 saturated heterocycles. The van der Waals surface area contributed by atoms with Crippen LogP contribution in [0.3, 0.4) is 0 Å². The topological polar surface area (TPSA) is 106 Å². The van der Waals surface area contributed by atoms with Crippen molar-refractivity contribution in [2.45, 2.75) is 43.8 Å². The number of aromatic nitrogens is 2. The molecule has 3 aromatic rings. The van der Waals surface area contributed by atoms with E-state index < -0.39 is 83.9 Å². The molecule has 0 aliphatic carbocycles. The van der Waals surface area contributed by atoms with E-state index in [-0.39, 0.29) is 11.3 Å². The van der Waals surface area contributed by atoms with Crippen LogP contribution in [0.25, 0.3) is 5.57 Å². The minimum Gasteiger partial charge on any atom is -0.493 e. The van der Waals surface area contributed by atoms with Gasteiger partial charge in [0.1, 0.15) is 11.3 Å². The Morgan fingerprint density at radius 2 is 1.60 bits per heavy atom. The van der Waals surface area contributed by atoms with Crippen molar-refractivity contribution < 1.29 is 58.3 Å². The molecule has 4 rings (SSSR count). The van der Waals surface area contributed by atoms with E-state index in [1.54, 1.807) is 6.92 Å². The van der Waals surface area contributed by atoms with Crippen LogP contribution in [0.2, 0.25) is 0 Å². The van der Waals surface area contributed by atoms with Crippen LogP contribution in [0.15, 0.2) is 58.5 Å². The molecule has 2 N–H and O–H groups in total. The number of halogens is 9. The summed E-state index contributed by atoms with van der Waals surface area (Å²) in [6.45, 7) is 0.888. The highest BCUT2D eigenvalue weighted by atomic mass is 19.4. The summed E-state index contributed by atoms with van der Waals surface area (Å²) < 4.78 is 129. The third-order valence-electron chi connectivity index (χ3n) is 6.30. The number of hydrogen-bond acceptors (Lipinski definition) is 6. The summed E-state index contributed by atoms with van der Waals surface area (Å²) in [5.74, 6) is -4.93. The molecule has 2 aromatic carbocycles. The highest BCUT2D eigenvalue weighted by Gasteiger charge is 2.60. The largest absolute Gasteiger partial charge is 0.493 e. The lowest BCUT2D eigenvalue weighted by Gasteiger charge is -2.41. The van der Waals surface area contributed by atoms with Gasteiger partial charge in [-0.05, 0) is 35.8 Å². The van der Waals surface area contributed by atoms with Gasteiger partial charge in [0.05, 0.1) is 13.0 Å². The predicted octanol–water partition coefficient (Wildman–Crippen LogP) is 6.10. The van der Waals surface area contributed by atoms with Gasteiger partial charge in [-0.2, -0.15) is 39.5 Å². The molecule has 1 atom stereocenters. The Hall–Kier alpha value is -4.57. The predicted molar refractivity (Wildman–Crippen MR) is 129 cm³/mol. The summed E-state index contributed by atoms with van der Waals surface area (Å²) in [5.41, 5.74) is -4.24. The van der Waals surface area contributed by atoms with E-state index in [1.807, 2.05) is 10.6 Å². The molecule has 43 heavy (non-hydrogen) atoms. The number of hydrogen-bond donors (Lipinski definition) is 2. The number of nitrogens with one attached hydrogen (secondary N) is 2. The molecule has 2 amide bonds. The summed E-state index contributed by atoms with van der Waals surface area (Å²) in [4.78, 5) is 26.4. The first-order valence-electron chi connectivity index (χ1n) is 12.1. The molecular weight excluding hydrogens is 603 g/mol. The van der Waals surface area contributed by atoms with Gasteiger partial charge in [-0.25, -0.2) is 0 Å². The van der Waals surface area contributed by atoms with E-state index >= 15 is 0 Å². The molecule has 1 aliphatic rings. The van der Waals surface area contributed by atoms with Gasteiger partial charge < -0.3 is 14.5 Å². The minimum atomic E-state index is -5.19. The van der Waals surface area contributed by atoms with Gasteiger partial charge in [-0.3, -0.25) is 14.9 Å². The molecule has 0 bridgehead atoms. The van der Waals surface area contributed by atoms with Gasteiger partial charge in [0.25, 0.3) is 11.8 Å². The highest BCUT2D eigenvalue weighted by molar-refractivity contribution is 6.28. The molecule has 1 aliphatic heterocycles. The van der Waals surface area contributed by atoms with Gasteiger partial charge in [0.15, 0.2) is 5.54 Å². The fourth-order valence-corrected chi connectivity index (χ4v) is 4.21. The summed E-state index contributed by atoms with van der Waals surface area (Å²) in [5, 5.41) is 9.39. The van der Waals surface area contributed by atoms with Crippen molar-refractivity contribution in [1.82, 2.24) is 15.5 Å². The third-order valence-corrected chi connectivity index (χ3v) is 6.30. The van der Waals surface area contributed by atoms with Gasteiger partial charge in [-0.1, -0.05) is 47.1 Å². The number of benzene rings is 2. The van der Waals surface area contributed by atoms with Gasteiger partial charge in [-0.15, -0.1) is 5.10 Å². The fourth-order valence-electron chi connectivity index (χ4n) is 4.21. The zero-order valence-corrected chi connectivity index (χ0v) is 21.7. The maximum Gasteiger partial charge on any atom is 0.470 e. The first-order chi connectivity index (χ1) is 19.9. The van der Waals surface area contributed by atoms with Crippen molar-refractivity contribution in [2.75, 3.05) is 11.9 Å². The van der Waals surface area contributed by atoms with Gasteiger partial charge >= 0.3 is 30.4 Å². The molecule has 0 radical (unpaired) electrons. The lowest BCUT2D eigenvalue weighted by molar-refractivity contribution is -0.201. The Kier molecular flexibility index (Phi) is 8.21. The van der Waals surface area contributed by atoms with Crippen LogP contribution in [0.1, 0.15) is 35.4 Å². The minimum absolute atomic E-state index is 0.0211. The third kappa shape index (κ3) is 6.91. The molecule has 1 aromatic heterocycles. The Morgan fingerprint density at radius 3 is 2.14 bits per heavy atom. The lowest BCUT2D eigenvalue weighted by atomic mass is 9.76. The summed E-state index contributed by atoms with van der Waals surface area (Å²) >= 11 is 0. The zero-order valence-electron chi connectivity index (χ0n) is 21.7. The van der Waals surface area contributed by atoms with Gasteiger partial charge in [0.2, 0.25) is 0 Å². The number of anilines is 1. The molecule has 8 nitrogen and oxygen atoms in total. The lowest BCUT2D eigenvalue weighted by Crippen LogP contribution is -2.59. The number of alkyl halides is 9. The standard InChI is InChI=1S/C26H19F9N4O4/c1-13-2-4-14(5-3-13)17-12-23(26(33,34)35,15-6-8-16(9-7-15)42-11-10-24(27,28)29)37-20(41)18(17)19(40)36-22-39-38-21(43-22)25(30,31)32/h2-9H,10-12H2,1H3,(H,37,41)(H,36,39,40). The second-order valence-electron chi connectivity index (χ2n) is 9.36. The van der Waals surface area contributed by atoms with Crippen LogP contribution in [-0.4, -0.2) is 41.0 Å². The van der Waals surface area contributed by atoms with Crippen LogP contribution in [0, 0.1) is 6.92 Å². The number of carbonyl (C=O) groups is 2. The van der Waals surface area contributed by atoms with Gasteiger partial charge in [0, 0.05) is 6.42 Å². The summed E-state index contributed by atoms with van der Waals surface area (Å²) in [6, 6.07) is 8.45. The van der Waals surface area contributed by atoms with E-state index in [0.717, 1.165) is 24.3 Å². The molecule has 0 spiro atoms. The molecule has 17 heteroatoms. The first kappa shape index (κ1) is 31.4. The number of carbonyl (C=O) groups excluding carboxylic acids is 2. The Balaban J connectivity index is 1.75. The van der Waals surface area contributed by atoms with Crippen LogP contribution in [0.4, 0.5) is 45.5 Å². The van der Waals surface area contributed by atoms with Crippen molar-refractivity contribution in [1.29, 1.82) is 0 Å². The summed E-state index contributed by atoms with van der Waals surface area (Å²) in [6.07, 6.45) is -17.1. The second kappa shape index (κ2) is 11.3.